The summed E-state index contributed by atoms with van der Waals surface area (Å²) in [5.41, 5.74) is 0. The maximum atomic E-state index is 10.9. The number of carbonyl (C=O) groups excluding carboxylic acids is 1. The summed E-state index contributed by atoms with van der Waals surface area (Å²) in [4.78, 5) is 10.9. The van der Waals surface area contributed by atoms with Gasteiger partial charge in [-0.25, -0.2) is 0 Å². The largest absolute Gasteiger partial charge is 0.466 e. The zero-order valence-corrected chi connectivity index (χ0v) is 10.3. The topological polar surface area (TPSA) is 44.8 Å². The number of ether oxygens (including phenoxy) is 3. The van der Waals surface area contributed by atoms with Crippen LogP contribution < -0.4 is 0 Å². The minimum Gasteiger partial charge on any atom is -0.466 e. The lowest BCUT2D eigenvalue weighted by molar-refractivity contribution is -0.179. The molecule has 1 saturated heterocycles. The van der Waals surface area contributed by atoms with Crippen LogP contribution in [-0.2, 0) is 19.0 Å². The van der Waals surface area contributed by atoms with Gasteiger partial charge in [-0.3, -0.25) is 4.79 Å². The Morgan fingerprint density at radius 1 is 1.59 bits per heavy atom. The van der Waals surface area contributed by atoms with Gasteiger partial charge in [-0.1, -0.05) is 12.8 Å². The van der Waals surface area contributed by atoms with Crippen LogP contribution in [-0.4, -0.2) is 31.6 Å². The highest BCUT2D eigenvalue weighted by Gasteiger charge is 2.18. The van der Waals surface area contributed by atoms with E-state index in [1.165, 1.54) is 0 Å². The molecule has 0 saturated carbocycles. The van der Waals surface area contributed by atoms with Gasteiger partial charge < -0.3 is 14.2 Å². The molecule has 17 heavy (non-hydrogen) atoms. The van der Waals surface area contributed by atoms with Gasteiger partial charge >= 0.3 is 5.97 Å². The summed E-state index contributed by atoms with van der Waals surface area (Å²) in [6, 6.07) is 0. The van der Waals surface area contributed by atoms with Gasteiger partial charge in [0.05, 0.1) is 6.61 Å². The smallest absolute Gasteiger partial charge is 0.305 e. The fourth-order valence-corrected chi connectivity index (χ4v) is 1.57. The Morgan fingerprint density at radius 2 is 2.41 bits per heavy atom. The second-order valence-electron chi connectivity index (χ2n) is 3.95. The highest BCUT2D eigenvalue weighted by Crippen LogP contribution is 2.16. The molecule has 96 valence electrons. The van der Waals surface area contributed by atoms with E-state index in [4.69, 9.17) is 20.6 Å². The number of carbonyl (C=O) groups is 1. The monoisotopic (exact) mass is 240 g/mol. The van der Waals surface area contributed by atoms with Crippen LogP contribution in [0, 0.1) is 12.3 Å². The summed E-state index contributed by atoms with van der Waals surface area (Å²) >= 11 is 0. The molecule has 1 rings (SSSR count). The Morgan fingerprint density at radius 3 is 3.00 bits per heavy atom. The Bertz CT molecular complexity index is 263. The Labute approximate surface area is 103 Å². The molecule has 0 spiro atoms. The van der Waals surface area contributed by atoms with E-state index in [9.17, 15) is 4.79 Å². The van der Waals surface area contributed by atoms with E-state index in [1.54, 1.807) is 6.92 Å². The maximum absolute atomic E-state index is 10.9. The first-order chi connectivity index (χ1) is 8.26. The van der Waals surface area contributed by atoms with Gasteiger partial charge in [0, 0.05) is 19.4 Å². The van der Waals surface area contributed by atoms with Crippen molar-refractivity contribution >= 4 is 5.97 Å². The third kappa shape index (κ3) is 5.71. The molecule has 0 aliphatic carbocycles. The van der Waals surface area contributed by atoms with Crippen LogP contribution in [0.5, 0.6) is 0 Å². The zero-order valence-electron chi connectivity index (χ0n) is 10.3. The predicted molar refractivity (Wildman–Crippen MR) is 63.2 cm³/mol. The van der Waals surface area contributed by atoms with Gasteiger partial charge in [0.1, 0.15) is 6.10 Å². The van der Waals surface area contributed by atoms with Gasteiger partial charge in [-0.15, -0.1) is 6.42 Å². The molecule has 0 aromatic rings. The molecular weight excluding hydrogens is 220 g/mol. The van der Waals surface area contributed by atoms with E-state index < -0.39 is 0 Å². The molecule has 4 nitrogen and oxygen atoms in total. The molecule has 1 aliphatic heterocycles. The summed E-state index contributed by atoms with van der Waals surface area (Å²) in [5.74, 6) is 2.33. The summed E-state index contributed by atoms with van der Waals surface area (Å²) in [6.45, 7) is 2.79. The first-order valence-electron chi connectivity index (χ1n) is 6.15. The first-order valence-corrected chi connectivity index (χ1v) is 6.15. The van der Waals surface area contributed by atoms with Gasteiger partial charge in [0.15, 0.2) is 6.29 Å². The van der Waals surface area contributed by atoms with E-state index in [-0.39, 0.29) is 18.4 Å². The van der Waals surface area contributed by atoms with E-state index in [0.717, 1.165) is 25.9 Å². The van der Waals surface area contributed by atoms with Crippen LogP contribution in [0.25, 0.3) is 0 Å². The van der Waals surface area contributed by atoms with Crippen molar-refractivity contribution in [3.8, 4) is 12.3 Å². The molecule has 0 bridgehead atoms. The van der Waals surface area contributed by atoms with Crippen LogP contribution in [0.15, 0.2) is 0 Å². The van der Waals surface area contributed by atoms with E-state index in [1.807, 2.05) is 0 Å². The third-order valence-corrected chi connectivity index (χ3v) is 2.57. The lowest BCUT2D eigenvalue weighted by Crippen LogP contribution is -2.28. The highest BCUT2D eigenvalue weighted by molar-refractivity contribution is 5.68. The fourth-order valence-electron chi connectivity index (χ4n) is 1.57. The van der Waals surface area contributed by atoms with Gasteiger partial charge in [-0.2, -0.15) is 0 Å². The number of esters is 1. The van der Waals surface area contributed by atoms with Gasteiger partial charge in [-0.05, 0) is 19.3 Å². The Hall–Kier alpha value is -1.05. The fraction of sp³-hybridized carbons (Fsp3) is 0.769. The normalized spacial score (nSPS) is 21.5. The van der Waals surface area contributed by atoms with Crippen LogP contribution in [0.4, 0.5) is 0 Å². The number of rotatable bonds is 6. The summed E-state index contributed by atoms with van der Waals surface area (Å²) in [6.07, 6.45) is 8.78. The number of hydrogen-bond acceptors (Lipinski definition) is 4. The molecule has 1 aliphatic rings. The maximum Gasteiger partial charge on any atom is 0.305 e. The van der Waals surface area contributed by atoms with E-state index >= 15 is 0 Å². The number of hydrogen-bond donors (Lipinski definition) is 0. The highest BCUT2D eigenvalue weighted by atomic mass is 16.7. The van der Waals surface area contributed by atoms with E-state index in [0.29, 0.717) is 19.4 Å². The van der Waals surface area contributed by atoms with Crippen molar-refractivity contribution < 1.29 is 19.0 Å². The molecule has 4 heteroatoms. The molecule has 0 aromatic heterocycles. The van der Waals surface area contributed by atoms with Crippen molar-refractivity contribution in [1.82, 2.24) is 0 Å². The van der Waals surface area contributed by atoms with Crippen molar-refractivity contribution in [2.45, 2.75) is 51.4 Å². The van der Waals surface area contributed by atoms with Crippen LogP contribution in [0.3, 0.4) is 0 Å². The quantitative estimate of drug-likeness (QED) is 0.525. The van der Waals surface area contributed by atoms with Crippen molar-refractivity contribution in [2.75, 3.05) is 13.2 Å². The van der Waals surface area contributed by atoms with E-state index in [2.05, 4.69) is 5.92 Å². The SMILES string of the molecule is C#CC(CCOC(=O)CC)OC1CCCCO1. The lowest BCUT2D eigenvalue weighted by Gasteiger charge is -2.25. The summed E-state index contributed by atoms with van der Waals surface area (Å²) < 4.78 is 16.0. The minimum atomic E-state index is -0.345. The molecule has 0 radical (unpaired) electrons. The average Bonchev–Trinajstić information content (AvgIpc) is 2.38. The van der Waals surface area contributed by atoms with Crippen molar-refractivity contribution in [3.05, 3.63) is 0 Å². The second kappa shape index (κ2) is 8.10. The molecule has 2 atom stereocenters. The third-order valence-electron chi connectivity index (χ3n) is 2.57. The summed E-state index contributed by atoms with van der Waals surface area (Å²) in [5, 5.41) is 0. The molecule has 0 N–H and O–H groups in total. The minimum absolute atomic E-state index is 0.202. The average molecular weight is 240 g/mol. The molecular formula is C13H20O4. The predicted octanol–water partition coefficient (Wildman–Crippen LogP) is 1.87. The van der Waals surface area contributed by atoms with Gasteiger partial charge in [0.25, 0.3) is 0 Å². The Balaban J connectivity index is 2.19. The molecule has 2 unspecified atom stereocenters. The van der Waals surface area contributed by atoms with Crippen molar-refractivity contribution in [1.29, 1.82) is 0 Å². The van der Waals surface area contributed by atoms with Crippen LogP contribution in [0.2, 0.25) is 0 Å². The Kier molecular flexibility index (Phi) is 6.68. The van der Waals surface area contributed by atoms with Crippen molar-refractivity contribution in [2.24, 2.45) is 0 Å². The first kappa shape index (κ1) is 14.0. The lowest BCUT2D eigenvalue weighted by atomic mass is 10.2. The molecule has 0 amide bonds. The zero-order chi connectivity index (χ0) is 12.5. The van der Waals surface area contributed by atoms with Gasteiger partial charge in [0.2, 0.25) is 0 Å². The molecule has 1 fully saturated rings. The molecule has 0 aromatic carbocycles. The standard InChI is InChI=1S/C13H20O4/c1-3-11(8-10-15-12(14)4-2)17-13-7-5-6-9-16-13/h1,11,13H,4-10H2,2H3. The van der Waals surface area contributed by atoms with Crippen LogP contribution >= 0.6 is 0 Å². The second-order valence-corrected chi connectivity index (χ2v) is 3.95. The molecule has 1 heterocycles. The number of terminal acetylenes is 1. The van der Waals surface area contributed by atoms with Crippen molar-refractivity contribution in [3.63, 3.8) is 0 Å². The van der Waals surface area contributed by atoms with Crippen LogP contribution in [0.1, 0.15) is 39.0 Å². The summed E-state index contributed by atoms with van der Waals surface area (Å²) in [7, 11) is 0.